The molecular weight excluding hydrogens is 242 g/mol. The Morgan fingerprint density at radius 2 is 1.63 bits per heavy atom. The Hall–Kier alpha value is -2.70. The molecule has 1 heterocycles. The summed E-state index contributed by atoms with van der Waals surface area (Å²) in [5.41, 5.74) is 18.9. The third-order valence-corrected chi connectivity index (χ3v) is 2.50. The number of rotatable bonds is 5. The highest BCUT2D eigenvalue weighted by Gasteiger charge is 1.99. The summed E-state index contributed by atoms with van der Waals surface area (Å²) in [7, 11) is 0. The van der Waals surface area contributed by atoms with Crippen LogP contribution >= 0.6 is 0 Å². The van der Waals surface area contributed by atoms with Crippen molar-refractivity contribution in [1.29, 1.82) is 0 Å². The Labute approximate surface area is 111 Å². The lowest BCUT2D eigenvalue weighted by Crippen LogP contribution is -2.15. The van der Waals surface area contributed by atoms with E-state index in [4.69, 9.17) is 17.2 Å². The smallest absolute Gasteiger partial charge is 0.224 e. The Morgan fingerprint density at radius 3 is 2.32 bits per heavy atom. The normalized spacial score (nSPS) is 10.1. The molecule has 0 atom stereocenters. The first-order valence-electron chi connectivity index (χ1n) is 5.86. The van der Waals surface area contributed by atoms with Gasteiger partial charge in [-0.3, -0.25) is 0 Å². The number of hydrogen-bond acceptors (Lipinski definition) is 7. The number of nitrogens with one attached hydrogen (secondary N) is 2. The Bertz CT molecular complexity index is 538. The average Bonchev–Trinajstić information content (AvgIpc) is 2.41. The lowest BCUT2D eigenvalue weighted by molar-refractivity contribution is 1.03. The van der Waals surface area contributed by atoms with Crippen LogP contribution in [0.4, 0.5) is 28.8 Å². The summed E-state index contributed by atoms with van der Waals surface area (Å²) in [6.07, 6.45) is 1.48. The molecule has 7 nitrogen and oxygen atoms in total. The van der Waals surface area contributed by atoms with Crippen LogP contribution in [-0.2, 0) is 0 Å². The molecule has 0 bridgehead atoms. The number of nitrogens with zero attached hydrogens (tertiary/aromatic N) is 2. The van der Waals surface area contributed by atoms with Gasteiger partial charge in [0.2, 0.25) is 5.95 Å². The minimum Gasteiger partial charge on any atom is -0.399 e. The summed E-state index contributed by atoms with van der Waals surface area (Å²) in [6, 6.07) is 7.54. The predicted molar refractivity (Wildman–Crippen MR) is 78.7 cm³/mol. The van der Waals surface area contributed by atoms with E-state index in [-0.39, 0.29) is 5.82 Å². The second-order valence-corrected chi connectivity index (χ2v) is 4.01. The minimum atomic E-state index is 0.281. The van der Waals surface area contributed by atoms with Gasteiger partial charge in [-0.1, -0.05) is 0 Å². The number of aromatic nitrogens is 2. The van der Waals surface area contributed by atoms with Crippen molar-refractivity contribution in [2.75, 3.05) is 40.9 Å². The standard InChI is InChI=1S/C12H17N7/c13-8-1-3-9(4-2-8)16-5-6-17-12-18-7-10(14)11(15)19-12/h1-4,7,16H,5-6,13-14H2,(H3,15,17,18,19). The molecule has 0 spiro atoms. The third-order valence-electron chi connectivity index (χ3n) is 2.50. The first-order chi connectivity index (χ1) is 9.15. The molecule has 0 amide bonds. The topological polar surface area (TPSA) is 128 Å². The Kier molecular flexibility index (Phi) is 3.87. The van der Waals surface area contributed by atoms with Gasteiger partial charge >= 0.3 is 0 Å². The van der Waals surface area contributed by atoms with E-state index < -0.39 is 0 Å². The average molecular weight is 259 g/mol. The van der Waals surface area contributed by atoms with Crippen LogP contribution in [0.15, 0.2) is 30.5 Å². The molecule has 0 aliphatic carbocycles. The molecule has 0 aliphatic heterocycles. The molecule has 7 heteroatoms. The van der Waals surface area contributed by atoms with E-state index in [1.165, 1.54) is 6.20 Å². The lowest BCUT2D eigenvalue weighted by Gasteiger charge is -2.08. The second kappa shape index (κ2) is 5.76. The summed E-state index contributed by atoms with van der Waals surface area (Å²) in [5.74, 6) is 0.745. The number of hydrogen-bond donors (Lipinski definition) is 5. The fourth-order valence-corrected chi connectivity index (χ4v) is 1.47. The maximum Gasteiger partial charge on any atom is 0.224 e. The largest absolute Gasteiger partial charge is 0.399 e. The van der Waals surface area contributed by atoms with Crippen molar-refractivity contribution in [3.05, 3.63) is 30.5 Å². The molecular formula is C12H17N7. The molecule has 100 valence electrons. The molecule has 0 aliphatic rings. The van der Waals surface area contributed by atoms with Crippen molar-refractivity contribution in [2.45, 2.75) is 0 Å². The van der Waals surface area contributed by atoms with Crippen LogP contribution in [0.1, 0.15) is 0 Å². The van der Waals surface area contributed by atoms with Gasteiger partial charge in [0.05, 0.1) is 11.9 Å². The van der Waals surface area contributed by atoms with Crippen molar-refractivity contribution >= 4 is 28.8 Å². The van der Waals surface area contributed by atoms with Gasteiger partial charge in [-0.05, 0) is 24.3 Å². The molecule has 1 aromatic carbocycles. The first-order valence-corrected chi connectivity index (χ1v) is 5.86. The van der Waals surface area contributed by atoms with E-state index in [9.17, 15) is 0 Å². The quantitative estimate of drug-likeness (QED) is 0.396. The van der Waals surface area contributed by atoms with Gasteiger partial charge in [0, 0.05) is 24.5 Å². The van der Waals surface area contributed by atoms with Crippen LogP contribution in [0.3, 0.4) is 0 Å². The molecule has 0 saturated heterocycles. The molecule has 2 aromatic rings. The van der Waals surface area contributed by atoms with Crippen LogP contribution in [-0.4, -0.2) is 23.1 Å². The van der Waals surface area contributed by atoms with Gasteiger partial charge in [-0.25, -0.2) is 4.98 Å². The second-order valence-electron chi connectivity index (χ2n) is 4.01. The van der Waals surface area contributed by atoms with Crippen LogP contribution in [0.2, 0.25) is 0 Å². The van der Waals surface area contributed by atoms with Crippen molar-refractivity contribution in [3.63, 3.8) is 0 Å². The highest BCUT2D eigenvalue weighted by atomic mass is 15.1. The maximum atomic E-state index is 5.61. The SMILES string of the molecule is Nc1ccc(NCCNc2ncc(N)c(N)n2)cc1. The van der Waals surface area contributed by atoms with Crippen molar-refractivity contribution in [3.8, 4) is 0 Å². The highest BCUT2D eigenvalue weighted by Crippen LogP contribution is 2.11. The van der Waals surface area contributed by atoms with Crippen LogP contribution in [0.5, 0.6) is 0 Å². The zero-order chi connectivity index (χ0) is 13.7. The van der Waals surface area contributed by atoms with E-state index in [1.54, 1.807) is 0 Å². The number of nitrogen functional groups attached to an aromatic ring is 3. The van der Waals surface area contributed by atoms with E-state index in [1.807, 2.05) is 24.3 Å². The van der Waals surface area contributed by atoms with E-state index in [0.717, 1.165) is 17.9 Å². The van der Waals surface area contributed by atoms with Gasteiger partial charge in [-0.15, -0.1) is 0 Å². The van der Waals surface area contributed by atoms with Crippen LogP contribution < -0.4 is 27.8 Å². The van der Waals surface area contributed by atoms with E-state index in [2.05, 4.69) is 20.6 Å². The fraction of sp³-hybridized carbons (Fsp3) is 0.167. The van der Waals surface area contributed by atoms with Crippen molar-refractivity contribution < 1.29 is 0 Å². The molecule has 0 radical (unpaired) electrons. The fourth-order valence-electron chi connectivity index (χ4n) is 1.47. The van der Waals surface area contributed by atoms with Gasteiger partial charge in [0.15, 0.2) is 5.82 Å². The Morgan fingerprint density at radius 1 is 0.947 bits per heavy atom. The number of anilines is 5. The summed E-state index contributed by atoms with van der Waals surface area (Å²) in [5, 5.41) is 6.29. The van der Waals surface area contributed by atoms with E-state index >= 15 is 0 Å². The van der Waals surface area contributed by atoms with Gasteiger partial charge in [0.25, 0.3) is 0 Å². The zero-order valence-electron chi connectivity index (χ0n) is 10.4. The molecule has 0 fully saturated rings. The van der Waals surface area contributed by atoms with Crippen LogP contribution in [0, 0.1) is 0 Å². The molecule has 1 aromatic heterocycles. The molecule has 19 heavy (non-hydrogen) atoms. The summed E-state index contributed by atoms with van der Waals surface area (Å²) in [4.78, 5) is 8.04. The summed E-state index contributed by atoms with van der Waals surface area (Å²) in [6.45, 7) is 1.38. The molecule has 8 N–H and O–H groups in total. The van der Waals surface area contributed by atoms with E-state index in [0.29, 0.717) is 18.2 Å². The first kappa shape index (κ1) is 12.7. The van der Waals surface area contributed by atoms with Crippen molar-refractivity contribution in [1.82, 2.24) is 9.97 Å². The molecule has 2 rings (SSSR count). The summed E-state index contributed by atoms with van der Waals surface area (Å²) >= 11 is 0. The van der Waals surface area contributed by atoms with Crippen molar-refractivity contribution in [2.24, 2.45) is 0 Å². The van der Waals surface area contributed by atoms with Gasteiger partial charge in [0.1, 0.15) is 0 Å². The van der Waals surface area contributed by atoms with Crippen LogP contribution in [0.25, 0.3) is 0 Å². The molecule has 0 saturated carbocycles. The summed E-state index contributed by atoms with van der Waals surface area (Å²) < 4.78 is 0. The molecule has 0 unspecified atom stereocenters. The van der Waals surface area contributed by atoms with Gasteiger partial charge < -0.3 is 27.8 Å². The third kappa shape index (κ3) is 3.63. The monoisotopic (exact) mass is 259 g/mol. The van der Waals surface area contributed by atoms with Gasteiger partial charge in [-0.2, -0.15) is 4.98 Å². The Balaban J connectivity index is 1.77. The predicted octanol–water partition coefficient (Wildman–Crippen LogP) is 0.747. The minimum absolute atomic E-state index is 0.281. The maximum absolute atomic E-state index is 5.61. The highest BCUT2D eigenvalue weighted by molar-refractivity contribution is 5.58. The lowest BCUT2D eigenvalue weighted by atomic mass is 10.3. The number of nitrogens with two attached hydrogens (primary N) is 3. The zero-order valence-corrected chi connectivity index (χ0v) is 10.4. The number of benzene rings is 1.